The molecule has 0 aliphatic rings. The molecule has 3 aromatic carbocycles. The summed E-state index contributed by atoms with van der Waals surface area (Å²) in [6.45, 7) is 2.59. The van der Waals surface area contributed by atoms with Crippen LogP contribution in [0, 0.1) is 6.92 Å². The largest absolute Gasteiger partial charge is 0.492 e. The summed E-state index contributed by atoms with van der Waals surface area (Å²) in [6, 6.07) is 16.4. The zero-order valence-corrected chi connectivity index (χ0v) is 20.6. The second-order valence-electron chi connectivity index (χ2n) is 8.11. The van der Waals surface area contributed by atoms with Gasteiger partial charge in [-0.3, -0.25) is 9.59 Å². The third-order valence-corrected chi connectivity index (χ3v) is 6.83. The Morgan fingerprint density at radius 2 is 1.94 bits per heavy atom. The van der Waals surface area contributed by atoms with E-state index in [1.54, 1.807) is 25.2 Å². The van der Waals surface area contributed by atoms with E-state index in [-0.39, 0.29) is 11.5 Å². The molecule has 1 amide bonds. The summed E-state index contributed by atoms with van der Waals surface area (Å²) in [7, 11) is 1.68. The minimum atomic E-state index is -0.149. The smallest absolute Gasteiger partial charge is 0.260 e. The molecule has 0 atom stereocenters. The Morgan fingerprint density at radius 1 is 1.14 bits per heavy atom. The number of fused-ring (bicyclic) bond motifs is 2. The van der Waals surface area contributed by atoms with Gasteiger partial charge in [0.25, 0.3) is 11.5 Å². The number of aromatic nitrogens is 3. The first-order valence-corrected chi connectivity index (χ1v) is 12.1. The molecule has 2 heterocycles. The summed E-state index contributed by atoms with van der Waals surface area (Å²) in [4.78, 5) is 34.0. The predicted molar refractivity (Wildman–Crippen MR) is 140 cm³/mol. The molecule has 0 fully saturated rings. The summed E-state index contributed by atoms with van der Waals surface area (Å²) in [5, 5.41) is 4.58. The molecule has 9 heteroatoms. The molecule has 0 saturated carbocycles. The van der Waals surface area contributed by atoms with Crippen molar-refractivity contribution in [2.75, 3.05) is 13.2 Å². The van der Waals surface area contributed by atoms with Crippen LogP contribution < -0.4 is 15.6 Å². The Labute approximate surface area is 210 Å². The fourth-order valence-electron chi connectivity index (χ4n) is 3.82. The summed E-state index contributed by atoms with van der Waals surface area (Å²) in [5.74, 6) is 0.441. The molecule has 1 N–H and O–H groups in total. The first-order chi connectivity index (χ1) is 16.9. The Balaban J connectivity index is 1.38. The number of ether oxygens (including phenoxy) is 1. The van der Waals surface area contributed by atoms with Crippen LogP contribution in [-0.4, -0.2) is 33.6 Å². The number of rotatable bonds is 6. The lowest BCUT2D eigenvalue weighted by Gasteiger charge is -2.08. The topological polar surface area (TPSA) is 86.1 Å². The maximum absolute atomic E-state index is 12.6. The van der Waals surface area contributed by atoms with Crippen molar-refractivity contribution in [1.82, 2.24) is 19.9 Å². The summed E-state index contributed by atoms with van der Waals surface area (Å²) >= 11 is 7.99. The minimum absolute atomic E-state index is 0.103. The molecule has 2 aromatic heterocycles. The zero-order chi connectivity index (χ0) is 24.5. The molecule has 176 valence electrons. The van der Waals surface area contributed by atoms with Gasteiger partial charge in [-0.2, -0.15) is 0 Å². The summed E-state index contributed by atoms with van der Waals surface area (Å²) in [6.07, 6.45) is 1.52. The number of amides is 1. The molecule has 5 aromatic rings. The van der Waals surface area contributed by atoms with E-state index in [0.717, 1.165) is 20.8 Å². The highest BCUT2D eigenvalue weighted by Crippen LogP contribution is 2.38. The van der Waals surface area contributed by atoms with E-state index in [4.69, 9.17) is 21.3 Å². The minimum Gasteiger partial charge on any atom is -0.492 e. The quantitative estimate of drug-likeness (QED) is 0.329. The van der Waals surface area contributed by atoms with Crippen LogP contribution in [0.25, 0.3) is 31.7 Å². The van der Waals surface area contributed by atoms with Gasteiger partial charge in [0.1, 0.15) is 22.9 Å². The number of carbonyl (C=O) groups is 1. The van der Waals surface area contributed by atoms with Crippen LogP contribution in [0.1, 0.15) is 15.9 Å². The van der Waals surface area contributed by atoms with E-state index in [2.05, 4.69) is 10.3 Å². The first kappa shape index (κ1) is 23.0. The van der Waals surface area contributed by atoms with Crippen molar-refractivity contribution in [3.05, 3.63) is 87.4 Å². The fraction of sp³-hybridized carbons (Fsp3) is 0.154. The number of hydrogen-bond donors (Lipinski definition) is 1. The number of hydrogen-bond acceptors (Lipinski definition) is 6. The number of aryl methyl sites for hydroxylation is 2. The highest BCUT2D eigenvalue weighted by atomic mass is 35.5. The number of carbonyl (C=O) groups excluding carboxylic acids is 1. The van der Waals surface area contributed by atoms with E-state index in [1.807, 2.05) is 43.3 Å². The van der Waals surface area contributed by atoms with Crippen molar-refractivity contribution in [3.63, 3.8) is 0 Å². The SMILES string of the molecule is Cc1cc(-c2nc3c(Cl)cc(OCCNC(=O)c4ccccc4)cc3s2)c2ncn(C)c(=O)c2c1. The number of nitrogens with one attached hydrogen (secondary N) is 1. The van der Waals surface area contributed by atoms with Crippen LogP contribution in [0.2, 0.25) is 5.02 Å². The maximum atomic E-state index is 12.6. The van der Waals surface area contributed by atoms with Crippen molar-refractivity contribution in [1.29, 1.82) is 0 Å². The molecule has 0 aliphatic carbocycles. The zero-order valence-electron chi connectivity index (χ0n) is 19.0. The average molecular weight is 505 g/mol. The number of halogens is 1. The third kappa shape index (κ3) is 4.62. The van der Waals surface area contributed by atoms with Gasteiger partial charge in [-0.1, -0.05) is 29.8 Å². The number of thiazole rings is 1. The van der Waals surface area contributed by atoms with Crippen molar-refractivity contribution < 1.29 is 9.53 Å². The average Bonchev–Trinajstić information content (AvgIpc) is 3.29. The van der Waals surface area contributed by atoms with Gasteiger partial charge in [0.15, 0.2) is 0 Å². The van der Waals surface area contributed by atoms with E-state index in [1.165, 1.54) is 22.2 Å². The van der Waals surface area contributed by atoms with Crippen LogP contribution in [-0.2, 0) is 7.05 Å². The van der Waals surface area contributed by atoms with Gasteiger partial charge in [0, 0.05) is 24.2 Å². The molecule has 5 rings (SSSR count). The standard InChI is InChI=1S/C26H21ClN4O3S/c1-15-10-18(22-19(11-15)26(33)31(2)14-29-22)25-30-23-20(27)12-17(13-21(23)35-25)34-9-8-28-24(32)16-6-4-3-5-7-16/h3-7,10-14H,8-9H2,1-2H3,(H,28,32). The molecule has 0 aliphatic heterocycles. The van der Waals surface area contributed by atoms with Gasteiger partial charge in [-0.15, -0.1) is 11.3 Å². The molecular weight excluding hydrogens is 484 g/mol. The second kappa shape index (κ2) is 9.48. The van der Waals surface area contributed by atoms with E-state index < -0.39 is 0 Å². The van der Waals surface area contributed by atoms with Crippen LogP contribution in [0.3, 0.4) is 0 Å². The lowest BCUT2D eigenvalue weighted by molar-refractivity contribution is 0.0947. The van der Waals surface area contributed by atoms with Crippen molar-refractivity contribution in [2.24, 2.45) is 7.05 Å². The van der Waals surface area contributed by atoms with Gasteiger partial charge < -0.3 is 14.6 Å². The van der Waals surface area contributed by atoms with Crippen LogP contribution in [0.4, 0.5) is 0 Å². The van der Waals surface area contributed by atoms with Crippen molar-refractivity contribution in [2.45, 2.75) is 6.92 Å². The highest BCUT2D eigenvalue weighted by Gasteiger charge is 2.16. The van der Waals surface area contributed by atoms with Gasteiger partial charge in [0.2, 0.25) is 0 Å². The molecule has 0 spiro atoms. The first-order valence-electron chi connectivity index (χ1n) is 10.9. The normalized spacial score (nSPS) is 11.2. The van der Waals surface area contributed by atoms with Crippen molar-refractivity contribution in [3.8, 4) is 16.3 Å². The van der Waals surface area contributed by atoms with E-state index >= 15 is 0 Å². The molecule has 35 heavy (non-hydrogen) atoms. The Bertz CT molecular complexity index is 1630. The number of benzene rings is 3. The molecule has 0 unspecified atom stereocenters. The molecule has 0 bridgehead atoms. The molecule has 0 radical (unpaired) electrons. The predicted octanol–water partition coefficient (Wildman–Crippen LogP) is 4.98. The Morgan fingerprint density at radius 3 is 2.74 bits per heavy atom. The van der Waals surface area contributed by atoms with Gasteiger partial charge >= 0.3 is 0 Å². The number of nitrogens with zero attached hydrogens (tertiary/aromatic N) is 3. The van der Waals surface area contributed by atoms with Crippen LogP contribution in [0.5, 0.6) is 5.75 Å². The highest BCUT2D eigenvalue weighted by molar-refractivity contribution is 7.21. The van der Waals surface area contributed by atoms with Gasteiger partial charge in [0.05, 0.1) is 33.5 Å². The van der Waals surface area contributed by atoms with E-state index in [0.29, 0.717) is 45.9 Å². The third-order valence-electron chi connectivity index (χ3n) is 5.51. The lowest BCUT2D eigenvalue weighted by Crippen LogP contribution is -2.27. The van der Waals surface area contributed by atoms with E-state index in [9.17, 15) is 9.59 Å². The second-order valence-corrected chi connectivity index (χ2v) is 9.55. The maximum Gasteiger partial charge on any atom is 0.260 e. The van der Waals surface area contributed by atoms with Gasteiger partial charge in [-0.05, 0) is 42.8 Å². The van der Waals surface area contributed by atoms with Gasteiger partial charge in [-0.25, -0.2) is 9.97 Å². The Hall–Kier alpha value is -3.75. The molecule has 7 nitrogen and oxygen atoms in total. The monoisotopic (exact) mass is 504 g/mol. The lowest BCUT2D eigenvalue weighted by atomic mass is 10.1. The van der Waals surface area contributed by atoms with Crippen LogP contribution >= 0.6 is 22.9 Å². The molecule has 0 saturated heterocycles. The summed E-state index contributed by atoms with van der Waals surface area (Å²) in [5.41, 5.74) is 3.51. The van der Waals surface area contributed by atoms with Crippen LogP contribution in [0.15, 0.2) is 65.7 Å². The van der Waals surface area contributed by atoms with Crippen molar-refractivity contribution >= 4 is 50.0 Å². The Kier molecular flexibility index (Phi) is 6.23. The summed E-state index contributed by atoms with van der Waals surface area (Å²) < 4.78 is 8.16. The fourth-order valence-corrected chi connectivity index (χ4v) is 5.17. The molecular formula is C26H21ClN4O3S.